The summed E-state index contributed by atoms with van der Waals surface area (Å²) >= 11 is 0. The van der Waals surface area contributed by atoms with E-state index in [1.54, 1.807) is 24.3 Å². The van der Waals surface area contributed by atoms with Crippen LogP contribution in [0.5, 0.6) is 5.75 Å². The number of benzene rings is 1. The standard InChI is InChI=1S/C20H22N2O4/c1-4-26-13-7-5-6-12(8-13)21-18(24)15-9-14-16(22-19(15)25)10-20(2,3)11-17(14)23/h5-9H,4,10-11H2,1-3H3,(H,21,24)(H,22,25). The van der Waals surface area contributed by atoms with E-state index in [0.717, 1.165) is 0 Å². The number of aromatic amines is 1. The summed E-state index contributed by atoms with van der Waals surface area (Å²) in [6, 6.07) is 8.34. The number of carbonyl (C=O) groups excluding carboxylic acids is 2. The van der Waals surface area contributed by atoms with Crippen molar-refractivity contribution in [3.05, 3.63) is 57.5 Å². The maximum absolute atomic E-state index is 12.5. The number of hydrogen-bond acceptors (Lipinski definition) is 4. The van der Waals surface area contributed by atoms with Crippen molar-refractivity contribution in [1.82, 2.24) is 4.98 Å². The Morgan fingerprint density at radius 1 is 1.23 bits per heavy atom. The molecule has 0 fully saturated rings. The van der Waals surface area contributed by atoms with Gasteiger partial charge in [-0.25, -0.2) is 0 Å². The molecule has 1 amide bonds. The summed E-state index contributed by atoms with van der Waals surface area (Å²) in [5, 5.41) is 2.69. The molecule has 6 nitrogen and oxygen atoms in total. The molecular weight excluding hydrogens is 332 g/mol. The second-order valence-corrected chi connectivity index (χ2v) is 7.26. The van der Waals surface area contributed by atoms with Crippen LogP contribution in [-0.2, 0) is 6.42 Å². The SMILES string of the molecule is CCOc1cccc(NC(=O)c2cc3c([nH]c2=O)CC(C)(C)CC3=O)c1. The molecule has 1 aromatic carbocycles. The van der Waals surface area contributed by atoms with Crippen LogP contribution in [0.25, 0.3) is 0 Å². The molecule has 6 heteroatoms. The van der Waals surface area contributed by atoms with E-state index in [4.69, 9.17) is 4.74 Å². The zero-order chi connectivity index (χ0) is 18.9. The molecule has 0 unspecified atom stereocenters. The van der Waals surface area contributed by atoms with E-state index in [0.29, 0.717) is 42.1 Å². The number of amides is 1. The summed E-state index contributed by atoms with van der Waals surface area (Å²) in [4.78, 5) is 40.0. The molecule has 2 aromatic rings. The highest BCUT2D eigenvalue weighted by molar-refractivity contribution is 6.06. The number of fused-ring (bicyclic) bond motifs is 1. The van der Waals surface area contributed by atoms with Crippen molar-refractivity contribution >= 4 is 17.4 Å². The molecule has 0 radical (unpaired) electrons. The van der Waals surface area contributed by atoms with E-state index < -0.39 is 11.5 Å². The minimum atomic E-state index is -0.555. The van der Waals surface area contributed by atoms with Gasteiger partial charge in [-0.05, 0) is 37.0 Å². The Kier molecular flexibility index (Phi) is 4.68. The van der Waals surface area contributed by atoms with Crippen LogP contribution in [0, 0.1) is 5.41 Å². The smallest absolute Gasteiger partial charge is 0.261 e. The van der Waals surface area contributed by atoms with Crippen LogP contribution in [0.2, 0.25) is 0 Å². The van der Waals surface area contributed by atoms with E-state index in [1.165, 1.54) is 6.07 Å². The second-order valence-electron chi connectivity index (χ2n) is 7.26. The zero-order valence-electron chi connectivity index (χ0n) is 15.1. The summed E-state index contributed by atoms with van der Waals surface area (Å²) in [6.45, 7) is 6.35. The van der Waals surface area contributed by atoms with Crippen LogP contribution >= 0.6 is 0 Å². The van der Waals surface area contributed by atoms with Crippen molar-refractivity contribution in [2.45, 2.75) is 33.6 Å². The molecule has 0 bridgehead atoms. The Bertz CT molecular complexity index is 928. The van der Waals surface area contributed by atoms with Crippen molar-refractivity contribution in [3.63, 3.8) is 0 Å². The molecule has 0 aliphatic heterocycles. The van der Waals surface area contributed by atoms with E-state index in [2.05, 4.69) is 10.3 Å². The van der Waals surface area contributed by atoms with Crippen molar-refractivity contribution in [1.29, 1.82) is 0 Å². The van der Waals surface area contributed by atoms with Gasteiger partial charge in [-0.1, -0.05) is 19.9 Å². The second kappa shape index (κ2) is 6.78. The Morgan fingerprint density at radius 3 is 2.73 bits per heavy atom. The molecule has 1 aliphatic carbocycles. The van der Waals surface area contributed by atoms with Crippen LogP contribution in [0.15, 0.2) is 35.1 Å². The fraction of sp³-hybridized carbons (Fsp3) is 0.350. The Morgan fingerprint density at radius 2 is 2.00 bits per heavy atom. The first kappa shape index (κ1) is 17.9. The lowest BCUT2D eigenvalue weighted by Gasteiger charge is -2.29. The van der Waals surface area contributed by atoms with Gasteiger partial charge in [0.25, 0.3) is 11.5 Å². The maximum atomic E-state index is 12.5. The molecular formula is C20H22N2O4. The molecule has 1 aliphatic rings. The lowest BCUT2D eigenvalue weighted by molar-refractivity contribution is 0.0910. The Hall–Kier alpha value is -2.89. The fourth-order valence-corrected chi connectivity index (χ4v) is 3.23. The Balaban J connectivity index is 1.89. The molecule has 26 heavy (non-hydrogen) atoms. The first-order chi connectivity index (χ1) is 12.3. The van der Waals surface area contributed by atoms with Gasteiger partial charge in [0.1, 0.15) is 11.3 Å². The molecule has 1 heterocycles. The first-order valence-electron chi connectivity index (χ1n) is 8.63. The monoisotopic (exact) mass is 354 g/mol. The van der Waals surface area contributed by atoms with E-state index in [9.17, 15) is 14.4 Å². The highest BCUT2D eigenvalue weighted by Gasteiger charge is 2.32. The third-order valence-electron chi connectivity index (χ3n) is 4.37. The van der Waals surface area contributed by atoms with Gasteiger partial charge in [-0.3, -0.25) is 14.4 Å². The number of ether oxygens (including phenoxy) is 1. The number of aromatic nitrogens is 1. The normalized spacial score (nSPS) is 15.3. The lowest BCUT2D eigenvalue weighted by Crippen LogP contribution is -2.32. The van der Waals surface area contributed by atoms with Gasteiger partial charge in [0.15, 0.2) is 5.78 Å². The fourth-order valence-electron chi connectivity index (χ4n) is 3.23. The predicted molar refractivity (Wildman–Crippen MR) is 99.1 cm³/mol. The average molecular weight is 354 g/mol. The van der Waals surface area contributed by atoms with Gasteiger partial charge >= 0.3 is 0 Å². The van der Waals surface area contributed by atoms with Crippen LogP contribution in [0.4, 0.5) is 5.69 Å². The summed E-state index contributed by atoms with van der Waals surface area (Å²) in [5.74, 6) is 0.0160. The number of rotatable bonds is 4. The van der Waals surface area contributed by atoms with Crippen molar-refractivity contribution in [2.75, 3.05) is 11.9 Å². The maximum Gasteiger partial charge on any atom is 0.261 e. The number of nitrogens with one attached hydrogen (secondary N) is 2. The van der Waals surface area contributed by atoms with Crippen molar-refractivity contribution in [2.24, 2.45) is 5.41 Å². The molecule has 1 aromatic heterocycles. The molecule has 2 N–H and O–H groups in total. The van der Waals surface area contributed by atoms with Gasteiger partial charge in [-0.2, -0.15) is 0 Å². The topological polar surface area (TPSA) is 88.3 Å². The summed E-state index contributed by atoms with van der Waals surface area (Å²) in [7, 11) is 0. The van der Waals surface area contributed by atoms with Crippen LogP contribution in [0.1, 0.15) is 53.6 Å². The largest absolute Gasteiger partial charge is 0.494 e. The molecule has 3 rings (SSSR count). The van der Waals surface area contributed by atoms with Crippen LogP contribution < -0.4 is 15.6 Å². The van der Waals surface area contributed by atoms with E-state index in [-0.39, 0.29) is 16.8 Å². The molecule has 0 saturated carbocycles. The highest BCUT2D eigenvalue weighted by Crippen LogP contribution is 2.33. The van der Waals surface area contributed by atoms with Gasteiger partial charge < -0.3 is 15.0 Å². The number of pyridine rings is 1. The van der Waals surface area contributed by atoms with E-state index >= 15 is 0 Å². The summed E-state index contributed by atoms with van der Waals surface area (Å²) < 4.78 is 5.40. The molecule has 0 atom stereocenters. The minimum absolute atomic E-state index is 0.0557. The quantitative estimate of drug-likeness (QED) is 0.883. The highest BCUT2D eigenvalue weighted by atomic mass is 16.5. The number of carbonyl (C=O) groups is 2. The molecule has 0 spiro atoms. The van der Waals surface area contributed by atoms with Crippen molar-refractivity contribution < 1.29 is 14.3 Å². The van der Waals surface area contributed by atoms with Gasteiger partial charge in [0.05, 0.1) is 6.61 Å². The van der Waals surface area contributed by atoms with Gasteiger partial charge in [0.2, 0.25) is 0 Å². The van der Waals surface area contributed by atoms with Crippen LogP contribution in [0.3, 0.4) is 0 Å². The minimum Gasteiger partial charge on any atom is -0.494 e. The van der Waals surface area contributed by atoms with E-state index in [1.807, 2.05) is 20.8 Å². The number of ketones is 1. The molecule has 0 saturated heterocycles. The molecule has 136 valence electrons. The van der Waals surface area contributed by atoms with Gasteiger partial charge in [0, 0.05) is 29.4 Å². The Labute approximate surface area is 151 Å². The number of anilines is 1. The summed E-state index contributed by atoms with van der Waals surface area (Å²) in [5.41, 5.74) is 0.788. The average Bonchev–Trinajstić information content (AvgIpc) is 2.53. The number of Topliss-reactive ketones (excluding diaryl/α,β-unsaturated/α-hetero) is 1. The third-order valence-corrected chi connectivity index (χ3v) is 4.37. The van der Waals surface area contributed by atoms with Crippen LogP contribution in [-0.4, -0.2) is 23.3 Å². The lowest BCUT2D eigenvalue weighted by atomic mass is 9.75. The van der Waals surface area contributed by atoms with Crippen molar-refractivity contribution in [3.8, 4) is 5.75 Å². The predicted octanol–water partition coefficient (Wildman–Crippen LogP) is 3.18. The number of hydrogen-bond donors (Lipinski definition) is 2. The first-order valence-corrected chi connectivity index (χ1v) is 8.63. The zero-order valence-corrected chi connectivity index (χ0v) is 15.1. The van der Waals surface area contributed by atoms with Gasteiger partial charge in [-0.15, -0.1) is 0 Å². The third kappa shape index (κ3) is 3.69. The number of H-pyrrole nitrogens is 1. The summed E-state index contributed by atoms with van der Waals surface area (Å²) in [6.07, 6.45) is 0.991.